The summed E-state index contributed by atoms with van der Waals surface area (Å²) in [5, 5.41) is 5.72. The fourth-order valence-corrected chi connectivity index (χ4v) is 2.02. The number of aromatic nitrogens is 1. The van der Waals surface area contributed by atoms with Gasteiger partial charge in [-0.25, -0.2) is 9.37 Å². The van der Waals surface area contributed by atoms with Crippen molar-refractivity contribution in [1.82, 2.24) is 10.3 Å². The molecule has 1 amide bonds. The molecule has 0 aliphatic heterocycles. The molecule has 0 bridgehead atoms. The number of anilines is 1. The van der Waals surface area contributed by atoms with Crippen LogP contribution in [-0.4, -0.2) is 17.9 Å². The smallest absolute Gasteiger partial charge is 0.255 e. The van der Waals surface area contributed by atoms with E-state index in [4.69, 9.17) is 0 Å². The van der Waals surface area contributed by atoms with Gasteiger partial charge in [0.25, 0.3) is 5.91 Å². The van der Waals surface area contributed by atoms with Crippen molar-refractivity contribution in [2.75, 3.05) is 12.4 Å². The number of carbonyl (C=O) groups excluding carboxylic acids is 1. The van der Waals surface area contributed by atoms with E-state index in [0.717, 1.165) is 5.56 Å². The molecule has 1 aromatic carbocycles. The van der Waals surface area contributed by atoms with Crippen LogP contribution in [0.3, 0.4) is 0 Å². The molecule has 1 aromatic heterocycles. The Morgan fingerprint density at radius 1 is 1.33 bits per heavy atom. The van der Waals surface area contributed by atoms with Gasteiger partial charge in [0.1, 0.15) is 11.6 Å². The van der Waals surface area contributed by atoms with Gasteiger partial charge in [0, 0.05) is 13.2 Å². The Morgan fingerprint density at radius 2 is 2.10 bits per heavy atom. The lowest BCUT2D eigenvalue weighted by atomic mass is 10.1. The average molecular weight is 287 g/mol. The summed E-state index contributed by atoms with van der Waals surface area (Å²) in [7, 11) is 1.71. The third-order valence-corrected chi connectivity index (χ3v) is 3.33. The summed E-state index contributed by atoms with van der Waals surface area (Å²) in [5.41, 5.74) is 1.77. The lowest BCUT2D eigenvalue weighted by molar-refractivity contribution is 0.0940. The van der Waals surface area contributed by atoms with Crippen molar-refractivity contribution in [3.05, 3.63) is 59.0 Å². The van der Waals surface area contributed by atoms with Gasteiger partial charge in [-0.3, -0.25) is 4.79 Å². The van der Waals surface area contributed by atoms with Crippen molar-refractivity contribution in [3.8, 4) is 0 Å². The van der Waals surface area contributed by atoms with Gasteiger partial charge in [-0.2, -0.15) is 0 Å². The van der Waals surface area contributed by atoms with Crippen LogP contribution < -0.4 is 10.6 Å². The topological polar surface area (TPSA) is 54.0 Å². The quantitative estimate of drug-likeness (QED) is 0.908. The van der Waals surface area contributed by atoms with Crippen LogP contribution in [0.25, 0.3) is 0 Å². The molecule has 0 aliphatic rings. The number of aryl methyl sites for hydroxylation is 1. The third-order valence-electron chi connectivity index (χ3n) is 3.33. The van der Waals surface area contributed by atoms with Crippen LogP contribution in [0, 0.1) is 12.7 Å². The number of rotatable bonds is 4. The fraction of sp³-hybridized carbons (Fsp3) is 0.250. The van der Waals surface area contributed by atoms with Crippen molar-refractivity contribution >= 4 is 11.7 Å². The molecule has 2 aromatic rings. The van der Waals surface area contributed by atoms with Gasteiger partial charge in [-0.15, -0.1) is 0 Å². The van der Waals surface area contributed by atoms with Gasteiger partial charge >= 0.3 is 0 Å². The van der Waals surface area contributed by atoms with Crippen LogP contribution in [-0.2, 0) is 0 Å². The van der Waals surface area contributed by atoms with E-state index < -0.39 is 0 Å². The highest BCUT2D eigenvalue weighted by Crippen LogP contribution is 2.18. The highest BCUT2D eigenvalue weighted by atomic mass is 19.1. The molecule has 4 nitrogen and oxygen atoms in total. The van der Waals surface area contributed by atoms with Crippen molar-refractivity contribution in [2.45, 2.75) is 19.9 Å². The molecule has 110 valence electrons. The highest BCUT2D eigenvalue weighted by Gasteiger charge is 2.15. The van der Waals surface area contributed by atoms with Crippen molar-refractivity contribution in [1.29, 1.82) is 0 Å². The first-order valence-electron chi connectivity index (χ1n) is 6.72. The first-order valence-corrected chi connectivity index (χ1v) is 6.72. The van der Waals surface area contributed by atoms with E-state index in [1.54, 1.807) is 38.4 Å². The van der Waals surface area contributed by atoms with Crippen molar-refractivity contribution < 1.29 is 9.18 Å². The average Bonchev–Trinajstić information content (AvgIpc) is 2.49. The Bertz CT molecular complexity index is 658. The van der Waals surface area contributed by atoms with E-state index in [1.807, 2.05) is 13.0 Å². The summed E-state index contributed by atoms with van der Waals surface area (Å²) in [4.78, 5) is 16.4. The summed E-state index contributed by atoms with van der Waals surface area (Å²) >= 11 is 0. The maximum Gasteiger partial charge on any atom is 0.255 e. The molecule has 0 aliphatic carbocycles. The van der Waals surface area contributed by atoms with Crippen LogP contribution in [0.4, 0.5) is 10.2 Å². The second kappa shape index (κ2) is 6.35. The minimum absolute atomic E-state index is 0.249. The number of nitrogens with one attached hydrogen (secondary N) is 2. The van der Waals surface area contributed by atoms with E-state index in [0.29, 0.717) is 16.9 Å². The zero-order valence-electron chi connectivity index (χ0n) is 12.3. The van der Waals surface area contributed by atoms with E-state index in [1.165, 1.54) is 6.07 Å². The second-order valence-corrected chi connectivity index (χ2v) is 4.85. The Kier molecular flexibility index (Phi) is 4.52. The van der Waals surface area contributed by atoms with Gasteiger partial charge in [-0.1, -0.05) is 12.1 Å². The Hall–Kier alpha value is -2.43. The number of carbonyl (C=O) groups is 1. The summed E-state index contributed by atoms with van der Waals surface area (Å²) in [5.74, 6) is -0.0101. The van der Waals surface area contributed by atoms with E-state index >= 15 is 0 Å². The van der Waals surface area contributed by atoms with Gasteiger partial charge in [-0.05, 0) is 43.2 Å². The predicted octanol–water partition coefficient (Wildman–Crippen LogP) is 3.06. The van der Waals surface area contributed by atoms with Gasteiger partial charge in [0.15, 0.2) is 0 Å². The van der Waals surface area contributed by atoms with Gasteiger partial charge < -0.3 is 10.6 Å². The van der Waals surface area contributed by atoms with Crippen LogP contribution in [0.1, 0.15) is 34.5 Å². The Labute approximate surface area is 123 Å². The molecule has 0 spiro atoms. The maximum atomic E-state index is 13.6. The van der Waals surface area contributed by atoms with Crippen LogP contribution >= 0.6 is 0 Å². The predicted molar refractivity (Wildman–Crippen MR) is 80.8 cm³/mol. The molecule has 2 rings (SSSR count). The molecule has 5 heteroatoms. The zero-order valence-corrected chi connectivity index (χ0v) is 12.3. The number of halogens is 1. The summed E-state index contributed by atoms with van der Waals surface area (Å²) in [6.45, 7) is 3.52. The standard InChI is InChI=1S/C16H18FN3O/c1-10-6-7-12(9-14(10)17)11(2)20-16(21)13-5-4-8-19-15(13)18-3/h4-9,11H,1-3H3,(H,18,19)(H,20,21). The maximum absolute atomic E-state index is 13.6. The molecule has 2 N–H and O–H groups in total. The first kappa shape index (κ1) is 15.0. The molecule has 0 radical (unpaired) electrons. The van der Waals surface area contributed by atoms with Gasteiger partial charge in [0.2, 0.25) is 0 Å². The molecule has 1 heterocycles. The molecule has 1 unspecified atom stereocenters. The van der Waals surface area contributed by atoms with Gasteiger partial charge in [0.05, 0.1) is 11.6 Å². The minimum Gasteiger partial charge on any atom is -0.372 e. The fourth-order valence-electron chi connectivity index (χ4n) is 2.02. The number of benzene rings is 1. The van der Waals surface area contributed by atoms with Crippen LogP contribution in [0.2, 0.25) is 0 Å². The van der Waals surface area contributed by atoms with Crippen LogP contribution in [0.15, 0.2) is 36.5 Å². The summed E-state index contributed by atoms with van der Waals surface area (Å²) in [6, 6.07) is 8.06. The minimum atomic E-state index is -0.294. The second-order valence-electron chi connectivity index (χ2n) is 4.85. The summed E-state index contributed by atoms with van der Waals surface area (Å²) < 4.78 is 13.6. The number of hydrogen-bond donors (Lipinski definition) is 2. The van der Waals surface area contributed by atoms with Crippen molar-refractivity contribution in [3.63, 3.8) is 0 Å². The number of nitrogens with zero attached hydrogens (tertiary/aromatic N) is 1. The monoisotopic (exact) mass is 287 g/mol. The largest absolute Gasteiger partial charge is 0.372 e. The Morgan fingerprint density at radius 3 is 2.76 bits per heavy atom. The number of hydrogen-bond acceptors (Lipinski definition) is 3. The molecular weight excluding hydrogens is 269 g/mol. The van der Waals surface area contributed by atoms with E-state index in [9.17, 15) is 9.18 Å². The molecular formula is C16H18FN3O. The normalized spacial score (nSPS) is 11.8. The molecule has 1 atom stereocenters. The third kappa shape index (κ3) is 3.37. The zero-order chi connectivity index (χ0) is 15.4. The molecule has 21 heavy (non-hydrogen) atoms. The first-order chi connectivity index (χ1) is 10.0. The van der Waals surface area contributed by atoms with E-state index in [-0.39, 0.29) is 17.8 Å². The number of amides is 1. The number of pyridine rings is 1. The van der Waals surface area contributed by atoms with Crippen molar-refractivity contribution in [2.24, 2.45) is 0 Å². The van der Waals surface area contributed by atoms with E-state index in [2.05, 4.69) is 15.6 Å². The Balaban J connectivity index is 2.16. The highest BCUT2D eigenvalue weighted by molar-refractivity contribution is 5.98. The molecule has 0 fully saturated rings. The lowest BCUT2D eigenvalue weighted by Crippen LogP contribution is -2.27. The van der Waals surface area contributed by atoms with Crippen LogP contribution in [0.5, 0.6) is 0 Å². The molecule has 0 saturated carbocycles. The summed E-state index contributed by atoms with van der Waals surface area (Å²) in [6.07, 6.45) is 1.61. The SMILES string of the molecule is CNc1ncccc1C(=O)NC(C)c1ccc(C)c(F)c1. The molecule has 0 saturated heterocycles. The lowest BCUT2D eigenvalue weighted by Gasteiger charge is -2.16.